The van der Waals surface area contributed by atoms with Gasteiger partial charge in [-0.2, -0.15) is 0 Å². The van der Waals surface area contributed by atoms with E-state index < -0.39 is 0 Å². The number of nitrogens with zero attached hydrogens (tertiary/aromatic N) is 1. The van der Waals surface area contributed by atoms with Gasteiger partial charge in [0.05, 0.1) is 0 Å². The zero-order chi connectivity index (χ0) is 15.0. The Morgan fingerprint density at radius 1 is 1.14 bits per heavy atom. The predicted octanol–water partition coefficient (Wildman–Crippen LogP) is 3.94. The van der Waals surface area contributed by atoms with Crippen LogP contribution in [0.15, 0.2) is 24.3 Å². The number of Topliss-reactive ketones (excluding diaryl/α,β-unsaturated/α-hetero) is 1. The first kappa shape index (κ1) is 14.8. The molecule has 0 aliphatic carbocycles. The van der Waals surface area contributed by atoms with E-state index in [1.54, 1.807) is 0 Å². The van der Waals surface area contributed by atoms with E-state index in [9.17, 15) is 4.79 Å². The summed E-state index contributed by atoms with van der Waals surface area (Å²) in [7, 11) is 2.23. The molecule has 0 radical (unpaired) electrons. The molecular formula is C19H27NO. The highest BCUT2D eigenvalue weighted by Crippen LogP contribution is 2.38. The fourth-order valence-electron chi connectivity index (χ4n) is 4.14. The van der Waals surface area contributed by atoms with E-state index in [1.165, 1.54) is 18.4 Å². The Morgan fingerprint density at radius 2 is 1.71 bits per heavy atom. The number of ketones is 1. The van der Waals surface area contributed by atoms with Gasteiger partial charge < -0.3 is 4.90 Å². The second-order valence-corrected chi connectivity index (χ2v) is 7.38. The van der Waals surface area contributed by atoms with Crippen LogP contribution in [0, 0.1) is 11.8 Å². The molecule has 0 saturated carbocycles. The Labute approximate surface area is 128 Å². The third kappa shape index (κ3) is 3.06. The Hall–Kier alpha value is -1.15. The molecule has 2 atom stereocenters. The Bertz CT molecular complexity index is 491. The van der Waals surface area contributed by atoms with Gasteiger partial charge in [0.15, 0.2) is 5.78 Å². The standard InChI is InChI=1S/C19H27NO/c1-13(2)10-14-4-6-15(7-5-14)19(21)16-11-17-8-9-18(12-16)20(17)3/h4-7,13,16-18H,8-12H2,1-3H3. The van der Waals surface area contributed by atoms with Gasteiger partial charge in [0.25, 0.3) is 0 Å². The van der Waals surface area contributed by atoms with Crippen LogP contribution < -0.4 is 0 Å². The topological polar surface area (TPSA) is 20.3 Å². The van der Waals surface area contributed by atoms with Gasteiger partial charge in [0.1, 0.15) is 0 Å². The molecule has 1 aromatic rings. The van der Waals surface area contributed by atoms with Crippen molar-refractivity contribution in [3.8, 4) is 0 Å². The van der Waals surface area contributed by atoms with Crippen LogP contribution in [0.1, 0.15) is 55.5 Å². The minimum atomic E-state index is 0.245. The molecule has 114 valence electrons. The Balaban J connectivity index is 1.68. The van der Waals surface area contributed by atoms with Crippen LogP contribution in [0.3, 0.4) is 0 Å². The molecule has 2 nitrogen and oxygen atoms in total. The van der Waals surface area contributed by atoms with Crippen LogP contribution >= 0.6 is 0 Å². The fourth-order valence-corrected chi connectivity index (χ4v) is 4.14. The van der Waals surface area contributed by atoms with E-state index in [1.807, 2.05) is 12.1 Å². The highest BCUT2D eigenvalue weighted by Gasteiger charge is 2.40. The second kappa shape index (κ2) is 5.92. The number of fused-ring (bicyclic) bond motifs is 2. The highest BCUT2D eigenvalue weighted by atomic mass is 16.1. The number of hydrogen-bond donors (Lipinski definition) is 0. The van der Waals surface area contributed by atoms with E-state index in [0.717, 1.165) is 24.8 Å². The lowest BCUT2D eigenvalue weighted by Crippen LogP contribution is -2.42. The smallest absolute Gasteiger partial charge is 0.166 e. The van der Waals surface area contributed by atoms with Crippen molar-refractivity contribution in [2.45, 2.75) is 58.0 Å². The van der Waals surface area contributed by atoms with Gasteiger partial charge >= 0.3 is 0 Å². The van der Waals surface area contributed by atoms with Crippen molar-refractivity contribution in [2.75, 3.05) is 7.05 Å². The predicted molar refractivity (Wildman–Crippen MR) is 86.6 cm³/mol. The Kier molecular flexibility index (Phi) is 4.17. The highest BCUT2D eigenvalue weighted by molar-refractivity contribution is 5.98. The number of hydrogen-bond acceptors (Lipinski definition) is 2. The average molecular weight is 285 g/mol. The number of piperidine rings is 1. The van der Waals surface area contributed by atoms with Crippen LogP contribution in [0.5, 0.6) is 0 Å². The van der Waals surface area contributed by atoms with Crippen LogP contribution in [-0.4, -0.2) is 29.8 Å². The maximum atomic E-state index is 12.7. The maximum absolute atomic E-state index is 12.7. The van der Waals surface area contributed by atoms with Crippen molar-refractivity contribution in [3.05, 3.63) is 35.4 Å². The van der Waals surface area contributed by atoms with Crippen molar-refractivity contribution in [2.24, 2.45) is 11.8 Å². The molecule has 3 rings (SSSR count). The van der Waals surface area contributed by atoms with Crippen LogP contribution in [-0.2, 0) is 6.42 Å². The summed E-state index contributed by atoms with van der Waals surface area (Å²) in [4.78, 5) is 15.2. The van der Waals surface area contributed by atoms with Gasteiger partial charge in [-0.3, -0.25) is 4.79 Å². The van der Waals surface area contributed by atoms with E-state index in [2.05, 4.69) is 37.9 Å². The molecule has 21 heavy (non-hydrogen) atoms. The van der Waals surface area contributed by atoms with Gasteiger partial charge in [-0.25, -0.2) is 0 Å². The van der Waals surface area contributed by atoms with Crippen molar-refractivity contribution in [1.29, 1.82) is 0 Å². The van der Waals surface area contributed by atoms with Crippen molar-refractivity contribution in [3.63, 3.8) is 0 Å². The molecule has 0 N–H and O–H groups in total. The quantitative estimate of drug-likeness (QED) is 0.781. The van der Waals surface area contributed by atoms with Crippen LogP contribution in [0.25, 0.3) is 0 Å². The number of carbonyl (C=O) groups excluding carboxylic acids is 1. The van der Waals surface area contributed by atoms with E-state index in [-0.39, 0.29) is 5.92 Å². The zero-order valence-corrected chi connectivity index (χ0v) is 13.5. The first-order valence-electron chi connectivity index (χ1n) is 8.39. The molecule has 2 fully saturated rings. The minimum Gasteiger partial charge on any atom is -0.300 e. The largest absolute Gasteiger partial charge is 0.300 e. The van der Waals surface area contributed by atoms with Gasteiger partial charge in [0.2, 0.25) is 0 Å². The average Bonchev–Trinajstić information content (AvgIpc) is 2.68. The normalized spacial score (nSPS) is 29.0. The van der Waals surface area contributed by atoms with E-state index >= 15 is 0 Å². The summed E-state index contributed by atoms with van der Waals surface area (Å²) >= 11 is 0. The molecule has 2 unspecified atom stereocenters. The first-order valence-corrected chi connectivity index (χ1v) is 8.39. The molecule has 2 heteroatoms. The zero-order valence-electron chi connectivity index (χ0n) is 13.5. The molecule has 2 aliphatic rings. The minimum absolute atomic E-state index is 0.245. The number of benzene rings is 1. The summed E-state index contributed by atoms with van der Waals surface area (Å²) < 4.78 is 0. The van der Waals surface area contributed by atoms with Crippen molar-refractivity contribution in [1.82, 2.24) is 4.90 Å². The number of rotatable bonds is 4. The molecule has 0 spiro atoms. The van der Waals surface area contributed by atoms with Crippen molar-refractivity contribution >= 4 is 5.78 Å². The summed E-state index contributed by atoms with van der Waals surface area (Å²) in [5.74, 6) is 1.28. The van der Waals surface area contributed by atoms with E-state index in [4.69, 9.17) is 0 Å². The lowest BCUT2D eigenvalue weighted by molar-refractivity contribution is 0.0767. The molecular weight excluding hydrogens is 258 g/mol. The first-order chi connectivity index (χ1) is 10.0. The SMILES string of the molecule is CC(C)Cc1ccc(C(=O)C2CC3CCC(C2)N3C)cc1. The van der Waals surface area contributed by atoms with Crippen molar-refractivity contribution < 1.29 is 4.79 Å². The molecule has 2 aliphatic heterocycles. The summed E-state index contributed by atoms with van der Waals surface area (Å²) in [6.45, 7) is 4.46. The van der Waals surface area contributed by atoms with Crippen LogP contribution in [0.4, 0.5) is 0 Å². The fraction of sp³-hybridized carbons (Fsp3) is 0.632. The maximum Gasteiger partial charge on any atom is 0.166 e. The lowest BCUT2D eigenvalue weighted by Gasteiger charge is -2.35. The molecule has 0 amide bonds. The molecule has 1 aromatic carbocycles. The third-order valence-corrected chi connectivity index (χ3v) is 5.35. The monoisotopic (exact) mass is 285 g/mol. The van der Waals surface area contributed by atoms with Crippen LogP contribution in [0.2, 0.25) is 0 Å². The number of carbonyl (C=O) groups is 1. The van der Waals surface area contributed by atoms with Gasteiger partial charge in [-0.15, -0.1) is 0 Å². The summed E-state index contributed by atoms with van der Waals surface area (Å²) in [6.07, 6.45) is 5.75. The summed E-state index contributed by atoms with van der Waals surface area (Å²) in [6, 6.07) is 9.63. The lowest BCUT2D eigenvalue weighted by atomic mass is 9.84. The summed E-state index contributed by atoms with van der Waals surface area (Å²) in [5.41, 5.74) is 2.25. The molecule has 2 saturated heterocycles. The molecule has 2 heterocycles. The summed E-state index contributed by atoms with van der Waals surface area (Å²) in [5, 5.41) is 0. The second-order valence-electron chi connectivity index (χ2n) is 7.38. The van der Waals surface area contributed by atoms with Gasteiger partial charge in [-0.1, -0.05) is 38.1 Å². The third-order valence-electron chi connectivity index (χ3n) is 5.35. The molecule has 2 bridgehead atoms. The Morgan fingerprint density at radius 3 is 2.24 bits per heavy atom. The molecule has 0 aromatic heterocycles. The van der Waals surface area contributed by atoms with E-state index in [0.29, 0.717) is 23.8 Å². The van der Waals surface area contributed by atoms with Gasteiger partial charge in [0, 0.05) is 23.6 Å². The van der Waals surface area contributed by atoms with Gasteiger partial charge in [-0.05, 0) is 50.6 Å².